The van der Waals surface area contributed by atoms with Crippen molar-refractivity contribution in [2.45, 2.75) is 18.7 Å². The Balaban J connectivity index is 2.23. The molecule has 0 saturated heterocycles. The minimum atomic E-state index is -3.75. The average Bonchev–Trinajstić information content (AvgIpc) is 2.66. The Morgan fingerprint density at radius 1 is 1.00 bits per heavy atom. The maximum Gasteiger partial charge on any atom is 0.264 e. The fourth-order valence-corrected chi connectivity index (χ4v) is 4.07. The molecule has 7 heteroatoms. The van der Waals surface area contributed by atoms with Gasteiger partial charge in [-0.1, -0.05) is 31.2 Å². The second kappa shape index (κ2) is 9.35. The van der Waals surface area contributed by atoms with Gasteiger partial charge in [-0.25, -0.2) is 8.42 Å². The molecule has 1 amide bonds. The Kier molecular flexibility index (Phi) is 7.17. The summed E-state index contributed by atoms with van der Waals surface area (Å²) < 4.78 is 27.4. The molecule has 0 bridgehead atoms. The van der Waals surface area contributed by atoms with Crippen molar-refractivity contribution in [2.24, 2.45) is 0 Å². The van der Waals surface area contributed by atoms with Crippen LogP contribution < -0.4 is 14.9 Å². The van der Waals surface area contributed by atoms with Crippen molar-refractivity contribution < 1.29 is 13.2 Å². The quantitative estimate of drug-likeness (QED) is 0.659. The summed E-state index contributed by atoms with van der Waals surface area (Å²) in [5.74, 6) is -0.289. The molecule has 0 aromatic heterocycles. The van der Waals surface area contributed by atoms with Crippen LogP contribution in [0.25, 0.3) is 0 Å². The van der Waals surface area contributed by atoms with E-state index in [0.29, 0.717) is 30.9 Å². The second-order valence-electron chi connectivity index (χ2n) is 5.64. The number of anilines is 1. The van der Waals surface area contributed by atoms with E-state index in [1.807, 2.05) is 13.0 Å². The number of para-hydroxylation sites is 1. The van der Waals surface area contributed by atoms with E-state index >= 15 is 0 Å². The first kappa shape index (κ1) is 19.9. The van der Waals surface area contributed by atoms with Gasteiger partial charge in [0.2, 0.25) is 0 Å². The number of likely N-dealkylation sites (N-methyl/N-ethyl adjacent to an activating group) is 1. The van der Waals surface area contributed by atoms with E-state index in [0.717, 1.165) is 6.54 Å². The SMILES string of the molecule is CCNCCNC(=O)c1cccc(S(=O)(=O)N(CC)c2ccccc2)c1. The smallest absolute Gasteiger partial charge is 0.264 e. The van der Waals surface area contributed by atoms with Gasteiger partial charge in [-0.2, -0.15) is 0 Å². The van der Waals surface area contributed by atoms with Crippen LogP contribution in [0.15, 0.2) is 59.5 Å². The molecule has 0 radical (unpaired) electrons. The lowest BCUT2D eigenvalue weighted by molar-refractivity contribution is 0.0953. The monoisotopic (exact) mass is 375 g/mol. The number of amides is 1. The highest BCUT2D eigenvalue weighted by Crippen LogP contribution is 2.23. The second-order valence-corrected chi connectivity index (χ2v) is 7.50. The summed E-state index contributed by atoms with van der Waals surface area (Å²) in [6, 6.07) is 15.0. The van der Waals surface area contributed by atoms with E-state index in [4.69, 9.17) is 0 Å². The molecule has 6 nitrogen and oxygen atoms in total. The molecule has 26 heavy (non-hydrogen) atoms. The summed E-state index contributed by atoms with van der Waals surface area (Å²) in [5.41, 5.74) is 0.919. The maximum atomic E-state index is 13.0. The van der Waals surface area contributed by atoms with E-state index in [1.165, 1.54) is 16.4 Å². The number of hydrogen-bond donors (Lipinski definition) is 2. The molecule has 0 aliphatic rings. The molecule has 0 atom stereocenters. The predicted octanol–water partition coefficient (Wildman–Crippen LogP) is 2.24. The molecule has 0 fully saturated rings. The van der Waals surface area contributed by atoms with Gasteiger partial charge in [-0.3, -0.25) is 9.10 Å². The highest BCUT2D eigenvalue weighted by molar-refractivity contribution is 7.92. The molecule has 0 aliphatic heterocycles. The number of rotatable bonds is 9. The van der Waals surface area contributed by atoms with Gasteiger partial charge in [-0.15, -0.1) is 0 Å². The number of nitrogens with zero attached hydrogens (tertiary/aromatic N) is 1. The first-order valence-electron chi connectivity index (χ1n) is 8.67. The number of sulfonamides is 1. The molecule has 0 saturated carbocycles. The lowest BCUT2D eigenvalue weighted by atomic mass is 10.2. The van der Waals surface area contributed by atoms with Crippen LogP contribution in [0.2, 0.25) is 0 Å². The van der Waals surface area contributed by atoms with Crippen molar-refractivity contribution in [3.63, 3.8) is 0 Å². The van der Waals surface area contributed by atoms with Crippen LogP contribution in [0.4, 0.5) is 5.69 Å². The average molecular weight is 375 g/mol. The Morgan fingerprint density at radius 3 is 2.38 bits per heavy atom. The van der Waals surface area contributed by atoms with Crippen LogP contribution in [0.5, 0.6) is 0 Å². The predicted molar refractivity (Wildman–Crippen MR) is 104 cm³/mol. The highest BCUT2D eigenvalue weighted by Gasteiger charge is 2.24. The molecule has 2 aromatic rings. The zero-order valence-corrected chi connectivity index (χ0v) is 15.9. The van der Waals surface area contributed by atoms with Crippen LogP contribution in [0, 0.1) is 0 Å². The van der Waals surface area contributed by atoms with Crippen molar-refractivity contribution in [2.75, 3.05) is 30.5 Å². The number of benzene rings is 2. The molecule has 0 heterocycles. The van der Waals surface area contributed by atoms with Gasteiger partial charge in [0.15, 0.2) is 0 Å². The molecule has 0 spiro atoms. The summed E-state index contributed by atoms with van der Waals surface area (Å²) in [4.78, 5) is 12.3. The summed E-state index contributed by atoms with van der Waals surface area (Å²) >= 11 is 0. The van der Waals surface area contributed by atoms with Crippen LogP contribution >= 0.6 is 0 Å². The van der Waals surface area contributed by atoms with Crippen LogP contribution in [-0.2, 0) is 10.0 Å². The van der Waals surface area contributed by atoms with E-state index in [9.17, 15) is 13.2 Å². The van der Waals surface area contributed by atoms with Gasteiger partial charge in [0.1, 0.15) is 0 Å². The fourth-order valence-electron chi connectivity index (χ4n) is 2.55. The fraction of sp³-hybridized carbons (Fsp3) is 0.316. The van der Waals surface area contributed by atoms with E-state index < -0.39 is 10.0 Å². The van der Waals surface area contributed by atoms with Gasteiger partial charge in [-0.05, 0) is 43.8 Å². The van der Waals surface area contributed by atoms with Crippen LogP contribution in [-0.4, -0.2) is 40.5 Å². The minimum absolute atomic E-state index is 0.0996. The normalized spacial score (nSPS) is 11.2. The van der Waals surface area contributed by atoms with Gasteiger partial charge >= 0.3 is 0 Å². The lowest BCUT2D eigenvalue weighted by Gasteiger charge is -2.23. The molecule has 2 rings (SSSR count). The van der Waals surface area contributed by atoms with E-state index in [2.05, 4.69) is 10.6 Å². The van der Waals surface area contributed by atoms with Crippen molar-refractivity contribution in [1.29, 1.82) is 0 Å². The van der Waals surface area contributed by atoms with Crippen LogP contribution in [0.3, 0.4) is 0 Å². The third-order valence-electron chi connectivity index (χ3n) is 3.85. The molecule has 0 aliphatic carbocycles. The Bertz CT molecular complexity index is 823. The number of carbonyl (C=O) groups excluding carboxylic acids is 1. The number of nitrogens with one attached hydrogen (secondary N) is 2. The molecule has 2 aromatic carbocycles. The summed E-state index contributed by atoms with van der Waals surface area (Å²) in [7, 11) is -3.75. The first-order chi connectivity index (χ1) is 12.5. The molecule has 140 valence electrons. The first-order valence-corrected chi connectivity index (χ1v) is 10.1. The highest BCUT2D eigenvalue weighted by atomic mass is 32.2. The van der Waals surface area contributed by atoms with Gasteiger partial charge in [0.05, 0.1) is 10.6 Å². The van der Waals surface area contributed by atoms with Crippen molar-refractivity contribution in [3.05, 3.63) is 60.2 Å². The molecular weight excluding hydrogens is 350 g/mol. The summed E-state index contributed by atoms with van der Waals surface area (Å²) in [6.45, 7) is 6.04. The Labute approximate surface area is 155 Å². The summed E-state index contributed by atoms with van der Waals surface area (Å²) in [6.07, 6.45) is 0. The standard InChI is InChI=1S/C19H25N3O3S/c1-3-20-13-14-21-19(23)16-9-8-12-18(15-16)26(24,25)22(4-2)17-10-6-5-7-11-17/h5-12,15,20H,3-4,13-14H2,1-2H3,(H,21,23). The van der Waals surface area contributed by atoms with Gasteiger partial charge in [0, 0.05) is 25.2 Å². The van der Waals surface area contributed by atoms with Gasteiger partial charge in [0.25, 0.3) is 15.9 Å². The number of hydrogen-bond acceptors (Lipinski definition) is 4. The summed E-state index contributed by atoms with van der Waals surface area (Å²) in [5, 5.41) is 5.89. The third kappa shape index (κ3) is 4.83. The van der Waals surface area contributed by atoms with Crippen LogP contribution in [0.1, 0.15) is 24.2 Å². The minimum Gasteiger partial charge on any atom is -0.351 e. The maximum absolute atomic E-state index is 13.0. The zero-order chi connectivity index (χ0) is 19.0. The molecule has 0 unspecified atom stereocenters. The topological polar surface area (TPSA) is 78.5 Å². The van der Waals surface area contributed by atoms with Gasteiger partial charge < -0.3 is 10.6 Å². The third-order valence-corrected chi connectivity index (χ3v) is 5.75. The Morgan fingerprint density at radius 2 is 1.73 bits per heavy atom. The van der Waals surface area contributed by atoms with Crippen molar-refractivity contribution >= 4 is 21.6 Å². The molecule has 2 N–H and O–H groups in total. The van der Waals surface area contributed by atoms with E-state index in [1.54, 1.807) is 43.3 Å². The largest absolute Gasteiger partial charge is 0.351 e. The van der Waals surface area contributed by atoms with Crippen molar-refractivity contribution in [3.8, 4) is 0 Å². The zero-order valence-electron chi connectivity index (χ0n) is 15.1. The molecular formula is C19H25N3O3S. The lowest BCUT2D eigenvalue weighted by Crippen LogP contribution is -2.32. The Hall–Kier alpha value is -2.38. The van der Waals surface area contributed by atoms with Crippen molar-refractivity contribution in [1.82, 2.24) is 10.6 Å². The number of carbonyl (C=O) groups is 1. The van der Waals surface area contributed by atoms with E-state index in [-0.39, 0.29) is 10.8 Å².